The van der Waals surface area contributed by atoms with Crippen molar-refractivity contribution in [1.29, 1.82) is 0 Å². The number of rotatable bonds is 2. The average Bonchev–Trinajstić information content (AvgIpc) is 2.08. The minimum Gasteiger partial charge on any atom is -0.0990 e. The topological polar surface area (TPSA) is 0 Å². The molecule has 0 amide bonds. The maximum Gasteiger partial charge on any atom is -0.0115 e. The van der Waals surface area contributed by atoms with Crippen molar-refractivity contribution < 1.29 is 0 Å². The summed E-state index contributed by atoms with van der Waals surface area (Å²) in [5, 5.41) is 2.13. The van der Waals surface area contributed by atoms with Crippen molar-refractivity contribution in [2.75, 3.05) is 0 Å². The van der Waals surface area contributed by atoms with Crippen LogP contribution in [-0.4, -0.2) is 0 Å². The number of allylic oxidation sites excluding steroid dienone is 2. The highest BCUT2D eigenvalue weighted by molar-refractivity contribution is 5.63. The molecule has 0 saturated carbocycles. The predicted octanol–water partition coefficient (Wildman–Crippen LogP) is 2.10. The van der Waals surface area contributed by atoms with Crippen LogP contribution in [0.5, 0.6) is 0 Å². The van der Waals surface area contributed by atoms with Crippen LogP contribution in [0.1, 0.15) is 12.5 Å². The lowest BCUT2D eigenvalue weighted by molar-refractivity contribution is 1.46. The molecule has 0 heterocycles. The molecule has 0 spiro atoms. The van der Waals surface area contributed by atoms with Gasteiger partial charge in [-0.05, 0) is 22.9 Å². The maximum atomic E-state index is 3.96. The quantitative estimate of drug-likeness (QED) is 0.637. The third-order valence-electron chi connectivity index (χ3n) is 1.94. The van der Waals surface area contributed by atoms with Gasteiger partial charge in [0.1, 0.15) is 0 Å². The van der Waals surface area contributed by atoms with Crippen LogP contribution in [-0.2, 0) is 0 Å². The molecule has 0 aliphatic carbocycles. The first kappa shape index (κ1) is 9.53. The molecule has 1 aromatic carbocycles. The summed E-state index contributed by atoms with van der Waals surface area (Å²) in [6, 6.07) is 6.03. The maximum absolute atomic E-state index is 3.96. The molecule has 0 aliphatic rings. The zero-order valence-corrected chi connectivity index (χ0v) is 8.01. The normalized spacial score (nSPS) is 11.3. The summed E-state index contributed by atoms with van der Waals surface area (Å²) < 4.78 is 0. The van der Waals surface area contributed by atoms with Gasteiger partial charge in [0, 0.05) is 0 Å². The molecule has 1 rings (SSSR count). The van der Waals surface area contributed by atoms with E-state index in [2.05, 4.69) is 19.7 Å². The van der Waals surface area contributed by atoms with Gasteiger partial charge in [-0.25, -0.2) is 0 Å². The Balaban J connectivity index is 3.62. The minimum atomic E-state index is 1.01. The summed E-state index contributed by atoms with van der Waals surface area (Å²) in [5.74, 6) is 0. The molecule has 0 aromatic heterocycles. The smallest absolute Gasteiger partial charge is 0.0115 e. The fourth-order valence-corrected chi connectivity index (χ4v) is 1.30. The molecule has 66 valence electrons. The second kappa shape index (κ2) is 3.90. The number of benzene rings is 1. The Morgan fingerprint density at radius 3 is 2.62 bits per heavy atom. The van der Waals surface area contributed by atoms with Crippen LogP contribution in [0.2, 0.25) is 0 Å². The molecule has 0 aliphatic heterocycles. The Morgan fingerprint density at radius 2 is 2.08 bits per heavy atom. The summed E-state index contributed by atoms with van der Waals surface area (Å²) in [7, 11) is 0. The molecule has 0 N–H and O–H groups in total. The molecule has 0 nitrogen and oxygen atoms in total. The van der Waals surface area contributed by atoms with E-state index in [9.17, 15) is 0 Å². The van der Waals surface area contributed by atoms with Gasteiger partial charge in [-0.15, -0.1) is 0 Å². The first-order valence-electron chi connectivity index (χ1n) is 4.23. The highest BCUT2D eigenvalue weighted by Gasteiger charge is 1.94. The molecule has 0 atom stereocenters. The second-order valence-electron chi connectivity index (χ2n) is 3.06. The predicted molar refractivity (Wildman–Crippen MR) is 60.6 cm³/mol. The van der Waals surface area contributed by atoms with Gasteiger partial charge in [0.15, 0.2) is 0 Å². The standard InChI is InChI=1S/C13H14/c1-5-7-13-11(4)8-6-9-12(13)10(2)3/h5-9H,1-2,4H2,3H3/b13-7+. The van der Waals surface area contributed by atoms with Crippen LogP contribution in [0, 0.1) is 0 Å². The van der Waals surface area contributed by atoms with Crippen LogP contribution in [0.3, 0.4) is 0 Å². The molecule has 0 heteroatoms. The van der Waals surface area contributed by atoms with E-state index in [1.54, 1.807) is 6.08 Å². The van der Waals surface area contributed by atoms with Crippen molar-refractivity contribution in [3.05, 3.63) is 53.4 Å². The van der Waals surface area contributed by atoms with Gasteiger partial charge in [-0.1, -0.05) is 55.7 Å². The number of hydrogen-bond donors (Lipinski definition) is 0. The number of hydrogen-bond acceptors (Lipinski definition) is 0. The monoisotopic (exact) mass is 170 g/mol. The Morgan fingerprint density at radius 1 is 1.38 bits per heavy atom. The van der Waals surface area contributed by atoms with Gasteiger partial charge >= 0.3 is 0 Å². The van der Waals surface area contributed by atoms with E-state index in [1.165, 1.54) is 0 Å². The fraction of sp³-hybridized carbons (Fsp3) is 0.0769. The van der Waals surface area contributed by atoms with E-state index in [-0.39, 0.29) is 0 Å². The van der Waals surface area contributed by atoms with E-state index in [0.29, 0.717) is 0 Å². The lowest BCUT2D eigenvalue weighted by Gasteiger charge is -2.00. The minimum absolute atomic E-state index is 1.01. The summed E-state index contributed by atoms with van der Waals surface area (Å²) in [6.45, 7) is 13.6. The van der Waals surface area contributed by atoms with Gasteiger partial charge in [-0.3, -0.25) is 0 Å². The van der Waals surface area contributed by atoms with Gasteiger partial charge < -0.3 is 0 Å². The van der Waals surface area contributed by atoms with Crippen molar-refractivity contribution in [1.82, 2.24) is 0 Å². The summed E-state index contributed by atoms with van der Waals surface area (Å²) in [4.78, 5) is 0. The highest BCUT2D eigenvalue weighted by Crippen LogP contribution is 2.02. The van der Waals surface area contributed by atoms with Gasteiger partial charge in [0.25, 0.3) is 0 Å². The lowest BCUT2D eigenvalue weighted by Crippen LogP contribution is -2.25. The van der Waals surface area contributed by atoms with Crippen LogP contribution in [0.4, 0.5) is 0 Å². The van der Waals surface area contributed by atoms with Crippen LogP contribution in [0.15, 0.2) is 37.4 Å². The largest absolute Gasteiger partial charge is 0.0990 e. The molecule has 0 bridgehead atoms. The van der Waals surface area contributed by atoms with Gasteiger partial charge in [-0.2, -0.15) is 0 Å². The van der Waals surface area contributed by atoms with Crippen LogP contribution < -0.4 is 10.4 Å². The van der Waals surface area contributed by atoms with Crippen molar-refractivity contribution in [3.8, 4) is 0 Å². The van der Waals surface area contributed by atoms with Crippen molar-refractivity contribution in [3.63, 3.8) is 0 Å². The fourth-order valence-electron chi connectivity index (χ4n) is 1.30. The van der Waals surface area contributed by atoms with Crippen LogP contribution >= 0.6 is 0 Å². The summed E-state index contributed by atoms with van der Waals surface area (Å²) in [5.41, 5.74) is 2.20. The van der Waals surface area contributed by atoms with E-state index in [0.717, 1.165) is 21.6 Å². The molecule has 13 heavy (non-hydrogen) atoms. The molecular formula is C13H14. The molecular weight excluding hydrogens is 156 g/mol. The van der Waals surface area contributed by atoms with E-state index in [1.807, 2.05) is 31.2 Å². The zero-order chi connectivity index (χ0) is 9.84. The molecule has 0 fully saturated rings. The third-order valence-corrected chi connectivity index (χ3v) is 1.94. The highest BCUT2D eigenvalue weighted by atomic mass is 14.0. The van der Waals surface area contributed by atoms with Gasteiger partial charge in [0.2, 0.25) is 0 Å². The SMILES string of the molecule is C=C/C=c1/c(C(=C)C)cccc1=C. The van der Waals surface area contributed by atoms with E-state index < -0.39 is 0 Å². The molecule has 0 saturated heterocycles. The Hall–Kier alpha value is -1.56. The Kier molecular flexibility index (Phi) is 2.86. The zero-order valence-electron chi connectivity index (χ0n) is 8.01. The van der Waals surface area contributed by atoms with Crippen molar-refractivity contribution in [2.45, 2.75) is 6.92 Å². The first-order valence-corrected chi connectivity index (χ1v) is 4.23. The Bertz CT molecular complexity index is 436. The van der Waals surface area contributed by atoms with E-state index in [4.69, 9.17) is 0 Å². The van der Waals surface area contributed by atoms with Crippen molar-refractivity contribution in [2.24, 2.45) is 0 Å². The molecule has 0 unspecified atom stereocenters. The summed E-state index contributed by atoms with van der Waals surface area (Å²) in [6.07, 6.45) is 3.74. The van der Waals surface area contributed by atoms with Crippen LogP contribution in [0.25, 0.3) is 18.2 Å². The van der Waals surface area contributed by atoms with E-state index >= 15 is 0 Å². The third kappa shape index (κ3) is 1.97. The molecule has 0 radical (unpaired) electrons. The van der Waals surface area contributed by atoms with Crippen molar-refractivity contribution >= 4 is 18.2 Å². The molecule has 1 aromatic rings. The average molecular weight is 170 g/mol. The van der Waals surface area contributed by atoms with Gasteiger partial charge in [0.05, 0.1) is 0 Å². The second-order valence-corrected chi connectivity index (χ2v) is 3.06. The Labute approximate surface area is 79.2 Å². The first-order chi connectivity index (χ1) is 6.16. The lowest BCUT2D eigenvalue weighted by atomic mass is 10.0. The summed E-state index contributed by atoms with van der Waals surface area (Å²) >= 11 is 0.